The van der Waals surface area contributed by atoms with Crippen molar-refractivity contribution in [1.82, 2.24) is 5.32 Å². The first-order valence-corrected chi connectivity index (χ1v) is 6.79. The van der Waals surface area contributed by atoms with Gasteiger partial charge in [0.2, 0.25) is 5.91 Å². The molecule has 100 valence electrons. The minimum Gasteiger partial charge on any atom is -0.389 e. The van der Waals surface area contributed by atoms with Crippen LogP contribution in [0, 0.1) is 17.8 Å². The van der Waals surface area contributed by atoms with E-state index in [-0.39, 0.29) is 11.8 Å². The molecule has 0 aromatic carbocycles. The highest BCUT2D eigenvalue weighted by Gasteiger charge is 2.28. The van der Waals surface area contributed by atoms with Crippen LogP contribution in [0.2, 0.25) is 0 Å². The number of carbonyl (C=O) groups is 1. The minimum atomic E-state index is -0.815. The van der Waals surface area contributed by atoms with E-state index in [1.54, 1.807) is 13.8 Å². The maximum atomic E-state index is 11.9. The Morgan fingerprint density at radius 2 is 1.82 bits per heavy atom. The topological polar surface area (TPSA) is 49.3 Å². The summed E-state index contributed by atoms with van der Waals surface area (Å²) in [5.41, 5.74) is -0.815. The summed E-state index contributed by atoms with van der Waals surface area (Å²) in [4.78, 5) is 11.9. The Bertz CT molecular complexity index is 247. The quantitative estimate of drug-likeness (QED) is 0.793. The second-order valence-electron chi connectivity index (χ2n) is 6.39. The molecule has 2 N–H and O–H groups in total. The summed E-state index contributed by atoms with van der Waals surface area (Å²) in [5, 5.41) is 12.4. The molecule has 0 saturated heterocycles. The molecule has 0 atom stereocenters. The third kappa shape index (κ3) is 5.07. The average molecular weight is 241 g/mol. The van der Waals surface area contributed by atoms with Crippen molar-refractivity contribution in [2.45, 2.75) is 59.0 Å². The highest BCUT2D eigenvalue weighted by molar-refractivity contribution is 5.78. The van der Waals surface area contributed by atoms with Gasteiger partial charge in [-0.3, -0.25) is 4.79 Å². The van der Waals surface area contributed by atoms with Gasteiger partial charge in [0.25, 0.3) is 0 Å². The van der Waals surface area contributed by atoms with E-state index in [0.717, 1.165) is 37.5 Å². The van der Waals surface area contributed by atoms with Crippen LogP contribution in [0.15, 0.2) is 0 Å². The number of nitrogens with one attached hydrogen (secondary N) is 1. The van der Waals surface area contributed by atoms with E-state index in [2.05, 4.69) is 19.2 Å². The van der Waals surface area contributed by atoms with Crippen LogP contribution in [0.25, 0.3) is 0 Å². The highest BCUT2D eigenvalue weighted by Crippen LogP contribution is 2.33. The summed E-state index contributed by atoms with van der Waals surface area (Å²) in [7, 11) is 0. The SMILES string of the molecule is CC(C)C1CCC(C(=O)NCC(C)(C)O)CC1. The molecule has 1 amide bonds. The molecule has 1 rings (SSSR count). The molecule has 3 heteroatoms. The average Bonchev–Trinajstić information content (AvgIpc) is 2.25. The van der Waals surface area contributed by atoms with Crippen LogP contribution in [0.3, 0.4) is 0 Å². The third-order valence-electron chi connectivity index (χ3n) is 3.78. The van der Waals surface area contributed by atoms with Crippen molar-refractivity contribution in [3.05, 3.63) is 0 Å². The Labute approximate surface area is 105 Å². The summed E-state index contributed by atoms with van der Waals surface area (Å²) in [5.74, 6) is 1.80. The third-order valence-corrected chi connectivity index (χ3v) is 3.78. The van der Waals surface area contributed by atoms with Gasteiger partial charge in [-0.1, -0.05) is 13.8 Å². The molecular weight excluding hydrogens is 214 g/mol. The van der Waals surface area contributed by atoms with Gasteiger partial charge in [0.15, 0.2) is 0 Å². The van der Waals surface area contributed by atoms with Crippen LogP contribution in [-0.4, -0.2) is 23.2 Å². The van der Waals surface area contributed by atoms with E-state index < -0.39 is 5.60 Å². The normalized spacial score (nSPS) is 26.0. The van der Waals surface area contributed by atoms with E-state index in [1.807, 2.05) is 0 Å². The Kier molecular flexibility index (Phi) is 4.99. The molecule has 0 bridgehead atoms. The lowest BCUT2D eigenvalue weighted by Crippen LogP contribution is -2.41. The summed E-state index contributed by atoms with van der Waals surface area (Å²) in [6, 6.07) is 0. The van der Waals surface area contributed by atoms with Crippen LogP contribution in [0.5, 0.6) is 0 Å². The van der Waals surface area contributed by atoms with Gasteiger partial charge < -0.3 is 10.4 Å². The molecule has 0 radical (unpaired) electrons. The Morgan fingerprint density at radius 1 is 1.29 bits per heavy atom. The Balaban J connectivity index is 2.31. The number of aliphatic hydroxyl groups is 1. The largest absolute Gasteiger partial charge is 0.389 e. The van der Waals surface area contributed by atoms with Gasteiger partial charge in [-0.15, -0.1) is 0 Å². The van der Waals surface area contributed by atoms with Crippen molar-refractivity contribution in [2.75, 3.05) is 6.54 Å². The van der Waals surface area contributed by atoms with Crippen molar-refractivity contribution in [3.8, 4) is 0 Å². The van der Waals surface area contributed by atoms with Gasteiger partial charge in [0.1, 0.15) is 0 Å². The Hall–Kier alpha value is -0.570. The predicted octanol–water partition coefficient (Wildman–Crippen LogP) is 2.34. The molecule has 17 heavy (non-hydrogen) atoms. The fraction of sp³-hybridized carbons (Fsp3) is 0.929. The zero-order valence-electron chi connectivity index (χ0n) is 11.6. The number of rotatable bonds is 4. The van der Waals surface area contributed by atoms with E-state index in [4.69, 9.17) is 0 Å². The summed E-state index contributed by atoms with van der Waals surface area (Å²) in [6.45, 7) is 8.29. The van der Waals surface area contributed by atoms with E-state index in [1.165, 1.54) is 0 Å². The zero-order valence-corrected chi connectivity index (χ0v) is 11.6. The number of carbonyl (C=O) groups excluding carboxylic acids is 1. The maximum Gasteiger partial charge on any atom is 0.223 e. The van der Waals surface area contributed by atoms with Gasteiger partial charge in [0.05, 0.1) is 5.60 Å². The minimum absolute atomic E-state index is 0.120. The number of amides is 1. The molecule has 1 aliphatic rings. The van der Waals surface area contributed by atoms with E-state index in [0.29, 0.717) is 6.54 Å². The predicted molar refractivity (Wildman–Crippen MR) is 69.6 cm³/mol. The standard InChI is InChI=1S/C14H27NO2/c1-10(2)11-5-7-12(8-6-11)13(16)15-9-14(3,4)17/h10-12,17H,5-9H2,1-4H3,(H,15,16). The molecule has 1 saturated carbocycles. The first kappa shape index (κ1) is 14.5. The van der Waals surface area contributed by atoms with Crippen molar-refractivity contribution in [1.29, 1.82) is 0 Å². The lowest BCUT2D eigenvalue weighted by atomic mass is 9.76. The lowest BCUT2D eigenvalue weighted by molar-refractivity contribution is -0.127. The van der Waals surface area contributed by atoms with Crippen LogP contribution in [0.1, 0.15) is 53.4 Å². The first-order valence-electron chi connectivity index (χ1n) is 6.79. The van der Waals surface area contributed by atoms with Crippen LogP contribution >= 0.6 is 0 Å². The molecule has 0 aliphatic heterocycles. The van der Waals surface area contributed by atoms with E-state index >= 15 is 0 Å². The van der Waals surface area contributed by atoms with Gasteiger partial charge in [-0.05, 0) is 51.4 Å². The molecule has 0 aromatic heterocycles. The highest BCUT2D eigenvalue weighted by atomic mass is 16.3. The van der Waals surface area contributed by atoms with Crippen molar-refractivity contribution < 1.29 is 9.90 Å². The van der Waals surface area contributed by atoms with Crippen molar-refractivity contribution in [3.63, 3.8) is 0 Å². The second kappa shape index (κ2) is 5.85. The van der Waals surface area contributed by atoms with E-state index in [9.17, 15) is 9.90 Å². The zero-order chi connectivity index (χ0) is 13.1. The molecule has 1 fully saturated rings. The summed E-state index contributed by atoms with van der Waals surface area (Å²) in [6.07, 6.45) is 4.33. The van der Waals surface area contributed by atoms with Gasteiger partial charge in [0, 0.05) is 12.5 Å². The fourth-order valence-corrected chi connectivity index (χ4v) is 2.50. The summed E-state index contributed by atoms with van der Waals surface area (Å²) < 4.78 is 0. The Morgan fingerprint density at radius 3 is 2.24 bits per heavy atom. The van der Waals surface area contributed by atoms with Crippen LogP contribution in [-0.2, 0) is 4.79 Å². The number of hydrogen-bond donors (Lipinski definition) is 2. The fourth-order valence-electron chi connectivity index (χ4n) is 2.50. The molecule has 0 spiro atoms. The second-order valence-corrected chi connectivity index (χ2v) is 6.39. The molecule has 1 aliphatic carbocycles. The smallest absolute Gasteiger partial charge is 0.223 e. The summed E-state index contributed by atoms with van der Waals surface area (Å²) >= 11 is 0. The molecule has 0 heterocycles. The van der Waals surface area contributed by atoms with Crippen molar-refractivity contribution in [2.24, 2.45) is 17.8 Å². The van der Waals surface area contributed by atoms with Crippen LogP contribution < -0.4 is 5.32 Å². The molecule has 0 unspecified atom stereocenters. The molecular formula is C14H27NO2. The van der Waals surface area contributed by atoms with Gasteiger partial charge in [-0.25, -0.2) is 0 Å². The number of hydrogen-bond acceptors (Lipinski definition) is 2. The van der Waals surface area contributed by atoms with Crippen LogP contribution in [0.4, 0.5) is 0 Å². The first-order chi connectivity index (χ1) is 7.79. The lowest BCUT2D eigenvalue weighted by Gasteiger charge is -2.30. The monoisotopic (exact) mass is 241 g/mol. The molecule has 0 aromatic rings. The van der Waals surface area contributed by atoms with Gasteiger partial charge in [-0.2, -0.15) is 0 Å². The maximum absolute atomic E-state index is 11.9. The van der Waals surface area contributed by atoms with Gasteiger partial charge >= 0.3 is 0 Å². The van der Waals surface area contributed by atoms with Crippen molar-refractivity contribution >= 4 is 5.91 Å². The molecule has 3 nitrogen and oxygen atoms in total.